The van der Waals surface area contributed by atoms with Gasteiger partial charge in [0.25, 0.3) is 0 Å². The zero-order valence-electron chi connectivity index (χ0n) is 16.5. The van der Waals surface area contributed by atoms with Crippen LogP contribution >= 0.6 is 11.6 Å². The number of nitrogens with zero attached hydrogens (tertiary/aromatic N) is 2. The van der Waals surface area contributed by atoms with Crippen molar-refractivity contribution in [3.63, 3.8) is 0 Å². The topological polar surface area (TPSA) is 78.9 Å². The average molecular weight is 402 g/mol. The van der Waals surface area contributed by atoms with Gasteiger partial charge in [-0.15, -0.1) is 0 Å². The third-order valence-electron chi connectivity index (χ3n) is 4.83. The number of carbonyl (C=O) groups excluding carboxylic acids is 1. The first-order valence-corrected chi connectivity index (χ1v) is 10.3. The molecule has 6 nitrogen and oxygen atoms in total. The molecule has 3 rings (SSSR count). The van der Waals surface area contributed by atoms with Crippen molar-refractivity contribution >= 4 is 29.1 Å². The van der Waals surface area contributed by atoms with Crippen LogP contribution in [0.3, 0.4) is 0 Å². The molecule has 1 atom stereocenters. The van der Waals surface area contributed by atoms with E-state index in [1.54, 1.807) is 12.3 Å². The molecule has 0 spiro atoms. The number of rotatable bonds is 7. The molecular weight excluding hydrogens is 374 g/mol. The molecule has 1 fully saturated rings. The zero-order valence-corrected chi connectivity index (χ0v) is 17.2. The van der Waals surface area contributed by atoms with Crippen LogP contribution < -0.4 is 16.0 Å². The van der Waals surface area contributed by atoms with Gasteiger partial charge in [0.1, 0.15) is 11.6 Å². The van der Waals surface area contributed by atoms with Crippen LogP contribution in [-0.4, -0.2) is 35.5 Å². The lowest BCUT2D eigenvalue weighted by Crippen LogP contribution is -2.37. The third-order valence-corrected chi connectivity index (χ3v) is 5.13. The summed E-state index contributed by atoms with van der Waals surface area (Å²) in [5, 5.41) is 10.0. The largest absolute Gasteiger partial charge is 0.370 e. The molecule has 1 saturated heterocycles. The van der Waals surface area contributed by atoms with Gasteiger partial charge in [-0.25, -0.2) is 9.97 Å². The first-order valence-electron chi connectivity index (χ1n) is 9.91. The molecule has 7 heteroatoms. The molecule has 1 aliphatic heterocycles. The number of hydrogen-bond donors (Lipinski definition) is 3. The molecule has 0 bridgehead atoms. The van der Waals surface area contributed by atoms with Gasteiger partial charge in [0.2, 0.25) is 5.91 Å². The molecule has 28 heavy (non-hydrogen) atoms. The Kier molecular flexibility index (Phi) is 7.23. The minimum absolute atomic E-state index is 0.00923. The minimum atomic E-state index is -0.0266. The first-order chi connectivity index (χ1) is 13.5. The van der Waals surface area contributed by atoms with E-state index in [9.17, 15) is 4.79 Å². The summed E-state index contributed by atoms with van der Waals surface area (Å²) in [4.78, 5) is 21.4. The van der Waals surface area contributed by atoms with Gasteiger partial charge in [-0.1, -0.05) is 31.5 Å². The van der Waals surface area contributed by atoms with E-state index in [0.717, 1.165) is 49.4 Å². The van der Waals surface area contributed by atoms with Crippen LogP contribution in [0, 0.1) is 11.8 Å². The molecule has 2 aromatic heterocycles. The summed E-state index contributed by atoms with van der Waals surface area (Å²) < 4.78 is 0. The van der Waals surface area contributed by atoms with Gasteiger partial charge in [0.15, 0.2) is 0 Å². The van der Waals surface area contributed by atoms with Crippen molar-refractivity contribution in [2.45, 2.75) is 33.1 Å². The standard InChI is InChI=1S/C21H28ClN5O/c1-14(2)8-10-24-19-7-3-6-18(26-19)16-11-20(25-13-17(16)22)27-21(28)15-5-4-9-23-12-15/h3,6-7,11,13-15,23H,4-5,8-10,12H2,1-2H3,(H,24,26)(H,25,27,28). The molecule has 1 unspecified atom stereocenters. The quantitative estimate of drug-likeness (QED) is 0.648. The van der Waals surface area contributed by atoms with Gasteiger partial charge < -0.3 is 16.0 Å². The molecule has 150 valence electrons. The van der Waals surface area contributed by atoms with Crippen LogP contribution in [0.2, 0.25) is 5.02 Å². The highest BCUT2D eigenvalue weighted by molar-refractivity contribution is 6.33. The second kappa shape index (κ2) is 9.85. The normalized spacial score (nSPS) is 16.8. The maximum Gasteiger partial charge on any atom is 0.229 e. The summed E-state index contributed by atoms with van der Waals surface area (Å²) in [6.07, 6.45) is 4.54. The number of anilines is 2. The van der Waals surface area contributed by atoms with Crippen molar-refractivity contribution in [3.05, 3.63) is 35.5 Å². The van der Waals surface area contributed by atoms with Crippen molar-refractivity contribution in [2.75, 3.05) is 30.3 Å². The fraction of sp³-hybridized carbons (Fsp3) is 0.476. The van der Waals surface area contributed by atoms with E-state index in [2.05, 4.69) is 39.8 Å². The number of piperidine rings is 1. The van der Waals surface area contributed by atoms with Crippen LogP contribution in [0.1, 0.15) is 33.1 Å². The van der Waals surface area contributed by atoms with Crippen LogP contribution in [-0.2, 0) is 4.79 Å². The van der Waals surface area contributed by atoms with Crippen LogP contribution in [0.5, 0.6) is 0 Å². The van der Waals surface area contributed by atoms with Crippen molar-refractivity contribution in [1.82, 2.24) is 15.3 Å². The summed E-state index contributed by atoms with van der Waals surface area (Å²) in [7, 11) is 0. The Balaban J connectivity index is 1.73. The number of aromatic nitrogens is 2. The number of halogens is 1. The summed E-state index contributed by atoms with van der Waals surface area (Å²) in [6, 6.07) is 7.59. The third kappa shape index (κ3) is 5.66. The van der Waals surface area contributed by atoms with E-state index in [4.69, 9.17) is 11.6 Å². The Morgan fingerprint density at radius 1 is 1.36 bits per heavy atom. The Labute approximate surface area is 171 Å². The first kappa shape index (κ1) is 20.6. The fourth-order valence-corrected chi connectivity index (χ4v) is 3.38. The number of nitrogens with one attached hydrogen (secondary N) is 3. The lowest BCUT2D eigenvalue weighted by molar-refractivity contribution is -0.120. The maximum atomic E-state index is 12.5. The Bertz CT molecular complexity index is 805. The predicted octanol–water partition coefficient (Wildman–Crippen LogP) is 4.19. The number of pyridine rings is 2. The summed E-state index contributed by atoms with van der Waals surface area (Å²) >= 11 is 6.37. The molecule has 3 heterocycles. The number of amides is 1. The highest BCUT2D eigenvalue weighted by atomic mass is 35.5. The summed E-state index contributed by atoms with van der Waals surface area (Å²) in [5.41, 5.74) is 1.50. The average Bonchev–Trinajstić information content (AvgIpc) is 2.70. The van der Waals surface area contributed by atoms with E-state index in [1.165, 1.54) is 0 Å². The van der Waals surface area contributed by atoms with Gasteiger partial charge >= 0.3 is 0 Å². The number of carbonyl (C=O) groups is 1. The van der Waals surface area contributed by atoms with E-state index < -0.39 is 0 Å². The second-order valence-electron chi connectivity index (χ2n) is 7.60. The fourth-order valence-electron chi connectivity index (χ4n) is 3.18. The number of hydrogen-bond acceptors (Lipinski definition) is 5. The molecule has 0 radical (unpaired) electrons. The Hall–Kier alpha value is -2.18. The maximum absolute atomic E-state index is 12.5. The van der Waals surface area contributed by atoms with Crippen molar-refractivity contribution in [1.29, 1.82) is 0 Å². The highest BCUT2D eigenvalue weighted by Gasteiger charge is 2.21. The summed E-state index contributed by atoms with van der Waals surface area (Å²) in [5.74, 6) is 1.90. The van der Waals surface area contributed by atoms with Gasteiger partial charge in [-0.2, -0.15) is 0 Å². The molecule has 0 saturated carbocycles. The zero-order chi connectivity index (χ0) is 19.9. The summed E-state index contributed by atoms with van der Waals surface area (Å²) in [6.45, 7) is 6.94. The van der Waals surface area contributed by atoms with Gasteiger partial charge in [-0.3, -0.25) is 4.79 Å². The van der Waals surface area contributed by atoms with Crippen LogP contribution in [0.25, 0.3) is 11.3 Å². The van der Waals surface area contributed by atoms with E-state index in [-0.39, 0.29) is 11.8 Å². The van der Waals surface area contributed by atoms with E-state index in [1.807, 2.05) is 18.2 Å². The van der Waals surface area contributed by atoms with Gasteiger partial charge in [0, 0.05) is 24.8 Å². The molecular formula is C21H28ClN5O. The Morgan fingerprint density at radius 2 is 2.21 bits per heavy atom. The second-order valence-corrected chi connectivity index (χ2v) is 8.01. The Morgan fingerprint density at radius 3 is 2.96 bits per heavy atom. The molecule has 2 aromatic rings. The van der Waals surface area contributed by atoms with Gasteiger partial charge in [-0.05, 0) is 49.9 Å². The molecule has 0 aromatic carbocycles. The lowest BCUT2D eigenvalue weighted by Gasteiger charge is -2.21. The van der Waals surface area contributed by atoms with Crippen LogP contribution in [0.4, 0.5) is 11.6 Å². The molecule has 1 amide bonds. The SMILES string of the molecule is CC(C)CCNc1cccc(-c2cc(NC(=O)C3CCCNC3)ncc2Cl)n1. The molecule has 3 N–H and O–H groups in total. The van der Waals surface area contributed by atoms with Crippen molar-refractivity contribution < 1.29 is 4.79 Å². The smallest absolute Gasteiger partial charge is 0.229 e. The molecule has 1 aliphatic rings. The molecule has 0 aliphatic carbocycles. The van der Waals surface area contributed by atoms with Gasteiger partial charge in [0.05, 0.1) is 16.6 Å². The van der Waals surface area contributed by atoms with E-state index in [0.29, 0.717) is 23.3 Å². The lowest BCUT2D eigenvalue weighted by atomic mass is 9.99. The predicted molar refractivity (Wildman–Crippen MR) is 115 cm³/mol. The van der Waals surface area contributed by atoms with Crippen LogP contribution in [0.15, 0.2) is 30.5 Å². The highest BCUT2D eigenvalue weighted by Crippen LogP contribution is 2.29. The minimum Gasteiger partial charge on any atom is -0.370 e. The monoisotopic (exact) mass is 401 g/mol. The van der Waals surface area contributed by atoms with E-state index >= 15 is 0 Å². The van der Waals surface area contributed by atoms with Crippen molar-refractivity contribution in [2.24, 2.45) is 11.8 Å². The van der Waals surface area contributed by atoms with Crippen molar-refractivity contribution in [3.8, 4) is 11.3 Å².